The standard InChI is InChI=1S/C24H27NO5S.C20H19NO5S/c1-5-29-21-9-7-16(12-23(21)30-6-2)11-19(26)14-18-15-31-24(25-18)17-8-10-20(27-3)22(13-17)28-4;1-25-18-6-4-13(9-19(18)26-2)20-21-14(11-27-20)10-15(22)7-12-3-5-16(23)17(24)8-12/h7-10,12-13,15H,5-6,11,14H2,1-4H3;3-6,8-9,11,23-24H,7,10H2,1-2H3. The molecule has 4 aromatic carbocycles. The van der Waals surface area contributed by atoms with Gasteiger partial charge in [-0.3, -0.25) is 9.59 Å². The first kappa shape index (κ1) is 43.0. The van der Waals surface area contributed by atoms with Gasteiger partial charge < -0.3 is 38.6 Å². The number of carbonyl (C=O) groups excluding carboxylic acids is 2. The molecule has 6 rings (SSSR count). The minimum absolute atomic E-state index is 0.0238. The highest BCUT2D eigenvalue weighted by Crippen LogP contribution is 2.35. The number of aromatic hydroxyl groups is 2. The molecule has 2 N–H and O–H groups in total. The summed E-state index contributed by atoms with van der Waals surface area (Å²) in [5.41, 5.74) is 4.81. The van der Waals surface area contributed by atoms with Crippen molar-refractivity contribution in [3.8, 4) is 67.1 Å². The van der Waals surface area contributed by atoms with Gasteiger partial charge in [0.1, 0.15) is 21.6 Å². The van der Waals surface area contributed by atoms with Crippen molar-refractivity contribution in [1.29, 1.82) is 0 Å². The van der Waals surface area contributed by atoms with E-state index in [1.165, 1.54) is 34.8 Å². The third kappa shape index (κ3) is 11.5. The second-order valence-electron chi connectivity index (χ2n) is 12.7. The monoisotopic (exact) mass is 826 g/mol. The summed E-state index contributed by atoms with van der Waals surface area (Å²) < 4.78 is 32.4. The highest BCUT2D eigenvalue weighted by atomic mass is 32.1. The summed E-state index contributed by atoms with van der Waals surface area (Å²) in [7, 11) is 6.37. The summed E-state index contributed by atoms with van der Waals surface area (Å²) >= 11 is 2.96. The fraction of sp³-hybridized carbons (Fsp3) is 0.273. The SMILES string of the molecule is CCOc1ccc(CC(=O)Cc2csc(-c3ccc(OC)c(OC)c3)n2)cc1OCC.COc1ccc(-c2nc(CC(=O)Cc3ccc(O)c(O)c3)cs2)cc1OC. The first-order valence-electron chi connectivity index (χ1n) is 18.3. The van der Waals surface area contributed by atoms with Gasteiger partial charge in [0.25, 0.3) is 0 Å². The Morgan fingerprint density at radius 2 is 0.966 bits per heavy atom. The van der Waals surface area contributed by atoms with E-state index in [9.17, 15) is 19.8 Å². The average molecular weight is 827 g/mol. The van der Waals surface area contributed by atoms with Crippen LogP contribution in [0.1, 0.15) is 36.4 Å². The minimum atomic E-state index is -0.232. The van der Waals surface area contributed by atoms with Gasteiger partial charge >= 0.3 is 0 Å². The molecule has 14 heteroatoms. The predicted molar refractivity (Wildman–Crippen MR) is 225 cm³/mol. The van der Waals surface area contributed by atoms with E-state index < -0.39 is 0 Å². The molecular weight excluding hydrogens is 781 g/mol. The van der Waals surface area contributed by atoms with E-state index in [4.69, 9.17) is 28.4 Å². The van der Waals surface area contributed by atoms with Gasteiger partial charge in [-0.05, 0) is 85.6 Å². The summed E-state index contributed by atoms with van der Waals surface area (Å²) in [6, 6.07) is 21.2. The number of nitrogens with zero attached hydrogens (tertiary/aromatic N) is 2. The molecule has 0 aliphatic rings. The van der Waals surface area contributed by atoms with Crippen LogP contribution in [0.25, 0.3) is 21.1 Å². The van der Waals surface area contributed by atoms with Crippen LogP contribution >= 0.6 is 22.7 Å². The number of phenols is 2. The molecule has 12 nitrogen and oxygen atoms in total. The summed E-state index contributed by atoms with van der Waals surface area (Å²) in [4.78, 5) is 34.1. The van der Waals surface area contributed by atoms with Gasteiger partial charge in [-0.2, -0.15) is 0 Å². The zero-order valence-electron chi connectivity index (χ0n) is 33.2. The number of hydrogen-bond acceptors (Lipinski definition) is 14. The number of phenolic OH excluding ortho intramolecular Hbond substituents is 2. The molecule has 0 amide bonds. The molecule has 304 valence electrons. The van der Waals surface area contributed by atoms with Crippen LogP contribution in [0.15, 0.2) is 83.6 Å². The molecule has 0 aliphatic carbocycles. The Bertz CT molecular complexity index is 2320. The van der Waals surface area contributed by atoms with Crippen LogP contribution in [0.3, 0.4) is 0 Å². The van der Waals surface area contributed by atoms with Gasteiger partial charge in [-0.25, -0.2) is 9.97 Å². The van der Waals surface area contributed by atoms with Crippen molar-refractivity contribution in [1.82, 2.24) is 9.97 Å². The lowest BCUT2D eigenvalue weighted by molar-refractivity contribution is -0.118. The molecule has 6 aromatic rings. The number of carbonyl (C=O) groups is 2. The van der Waals surface area contributed by atoms with Crippen molar-refractivity contribution in [2.75, 3.05) is 41.7 Å². The molecule has 0 fully saturated rings. The summed E-state index contributed by atoms with van der Waals surface area (Å²) in [5, 5.41) is 24.3. The number of Topliss-reactive ketones (excluding diaryl/α,β-unsaturated/α-hetero) is 2. The van der Waals surface area contributed by atoms with E-state index >= 15 is 0 Å². The summed E-state index contributed by atoms with van der Waals surface area (Å²) in [5.74, 6) is 3.57. The molecule has 0 saturated carbocycles. The third-order valence-corrected chi connectivity index (χ3v) is 10.5. The Morgan fingerprint density at radius 1 is 0.517 bits per heavy atom. The third-order valence-electron chi connectivity index (χ3n) is 8.57. The van der Waals surface area contributed by atoms with E-state index in [2.05, 4.69) is 9.97 Å². The summed E-state index contributed by atoms with van der Waals surface area (Å²) in [6.07, 6.45) is 0.957. The lowest BCUT2D eigenvalue weighted by Crippen LogP contribution is -2.07. The maximum Gasteiger partial charge on any atom is 0.161 e. The fourth-order valence-corrected chi connectivity index (χ4v) is 7.48. The largest absolute Gasteiger partial charge is 0.504 e. The number of methoxy groups -OCH3 is 4. The van der Waals surface area contributed by atoms with E-state index in [1.54, 1.807) is 34.5 Å². The van der Waals surface area contributed by atoms with Crippen molar-refractivity contribution in [2.24, 2.45) is 0 Å². The Labute approximate surface area is 345 Å². The van der Waals surface area contributed by atoms with Gasteiger partial charge in [0.05, 0.1) is 53.0 Å². The Kier molecular flexibility index (Phi) is 15.5. The number of aromatic nitrogens is 2. The molecule has 0 atom stereocenters. The molecular formula is C44H46N2O10S2. The predicted octanol–water partition coefficient (Wildman–Crippen LogP) is 8.57. The van der Waals surface area contributed by atoms with Crippen LogP contribution in [0.5, 0.6) is 46.0 Å². The van der Waals surface area contributed by atoms with Crippen LogP contribution in [0.4, 0.5) is 0 Å². The van der Waals surface area contributed by atoms with Crippen molar-refractivity contribution in [3.05, 3.63) is 106 Å². The maximum atomic E-state index is 12.6. The van der Waals surface area contributed by atoms with Gasteiger partial charge in [0.2, 0.25) is 0 Å². The van der Waals surface area contributed by atoms with Crippen LogP contribution in [-0.4, -0.2) is 73.4 Å². The second-order valence-corrected chi connectivity index (χ2v) is 14.4. The Morgan fingerprint density at radius 3 is 1.43 bits per heavy atom. The van der Waals surface area contributed by atoms with Crippen LogP contribution in [0.2, 0.25) is 0 Å². The zero-order chi connectivity index (χ0) is 41.6. The van der Waals surface area contributed by atoms with Gasteiger partial charge in [-0.15, -0.1) is 22.7 Å². The molecule has 0 saturated heterocycles. The molecule has 0 aliphatic heterocycles. The van der Waals surface area contributed by atoms with Gasteiger partial charge in [-0.1, -0.05) is 12.1 Å². The van der Waals surface area contributed by atoms with E-state index in [0.717, 1.165) is 32.4 Å². The highest BCUT2D eigenvalue weighted by molar-refractivity contribution is 7.13. The van der Waals surface area contributed by atoms with Crippen LogP contribution in [-0.2, 0) is 35.3 Å². The average Bonchev–Trinajstić information content (AvgIpc) is 3.90. The van der Waals surface area contributed by atoms with E-state index in [0.29, 0.717) is 65.4 Å². The van der Waals surface area contributed by atoms with Crippen molar-refractivity contribution in [3.63, 3.8) is 0 Å². The molecule has 2 heterocycles. The first-order chi connectivity index (χ1) is 28.1. The number of ether oxygens (including phenoxy) is 6. The quantitative estimate of drug-likeness (QED) is 0.0798. The Hall–Kier alpha value is -6.12. The molecule has 0 bridgehead atoms. The number of thiazole rings is 2. The van der Waals surface area contributed by atoms with E-state index in [1.807, 2.05) is 79.2 Å². The first-order valence-corrected chi connectivity index (χ1v) is 20.1. The topological polar surface area (TPSA) is 156 Å². The maximum absolute atomic E-state index is 12.6. The molecule has 0 spiro atoms. The molecule has 0 unspecified atom stereocenters. The number of rotatable bonds is 18. The highest BCUT2D eigenvalue weighted by Gasteiger charge is 2.15. The number of ketones is 2. The van der Waals surface area contributed by atoms with Crippen LogP contribution < -0.4 is 28.4 Å². The molecule has 0 radical (unpaired) electrons. The molecule has 58 heavy (non-hydrogen) atoms. The van der Waals surface area contributed by atoms with Crippen molar-refractivity contribution in [2.45, 2.75) is 39.5 Å². The summed E-state index contributed by atoms with van der Waals surface area (Å²) in [6.45, 7) is 4.95. The number of hydrogen-bond donors (Lipinski definition) is 2. The fourth-order valence-electron chi connectivity index (χ4n) is 5.85. The lowest BCUT2D eigenvalue weighted by atomic mass is 10.1. The number of benzene rings is 4. The Balaban J connectivity index is 0.000000223. The van der Waals surface area contributed by atoms with Crippen LogP contribution in [0, 0.1) is 0 Å². The minimum Gasteiger partial charge on any atom is -0.504 e. The normalized spacial score (nSPS) is 10.6. The second kappa shape index (κ2) is 20.9. The lowest BCUT2D eigenvalue weighted by Gasteiger charge is -2.12. The smallest absolute Gasteiger partial charge is 0.161 e. The van der Waals surface area contributed by atoms with Crippen molar-refractivity contribution < 1.29 is 48.2 Å². The van der Waals surface area contributed by atoms with Gasteiger partial charge in [0, 0.05) is 47.6 Å². The zero-order valence-corrected chi connectivity index (χ0v) is 34.8. The molecule has 2 aromatic heterocycles. The van der Waals surface area contributed by atoms with Crippen molar-refractivity contribution >= 4 is 34.2 Å². The van der Waals surface area contributed by atoms with Gasteiger partial charge in [0.15, 0.2) is 46.0 Å². The van der Waals surface area contributed by atoms with E-state index in [-0.39, 0.29) is 42.3 Å².